The van der Waals surface area contributed by atoms with Gasteiger partial charge in [0.2, 0.25) is 5.91 Å². The second-order valence-electron chi connectivity index (χ2n) is 6.27. The average molecular weight is 265 g/mol. The lowest BCUT2D eigenvalue weighted by Crippen LogP contribution is -2.46. The summed E-state index contributed by atoms with van der Waals surface area (Å²) in [5.74, 6) is -1.24. The van der Waals surface area contributed by atoms with E-state index in [1.807, 2.05) is 19.1 Å². The Morgan fingerprint density at radius 2 is 1.68 bits per heavy atom. The Hall–Kier alpha value is -1.32. The first-order valence-corrected chi connectivity index (χ1v) is 7.02. The number of hydrogen-bond donors (Lipinski definition) is 1. The third-order valence-electron chi connectivity index (χ3n) is 4.95. The van der Waals surface area contributed by atoms with Gasteiger partial charge in [0.05, 0.1) is 11.8 Å². The van der Waals surface area contributed by atoms with Crippen LogP contribution in [0.1, 0.15) is 27.2 Å². The largest absolute Gasteiger partial charge is 0.481 e. The van der Waals surface area contributed by atoms with Crippen LogP contribution >= 0.6 is 0 Å². The van der Waals surface area contributed by atoms with Crippen LogP contribution in [0.4, 0.5) is 0 Å². The molecule has 2 aliphatic rings. The lowest BCUT2D eigenvalue weighted by atomic mass is 9.81. The Morgan fingerprint density at radius 1 is 1.16 bits per heavy atom. The first-order valence-electron chi connectivity index (χ1n) is 7.02. The van der Waals surface area contributed by atoms with Crippen LogP contribution in [0.15, 0.2) is 12.2 Å². The number of carbonyl (C=O) groups is 2. The number of fused-ring (bicyclic) bond motifs is 2. The van der Waals surface area contributed by atoms with Gasteiger partial charge in [-0.15, -0.1) is 0 Å². The zero-order valence-corrected chi connectivity index (χ0v) is 12.0. The van der Waals surface area contributed by atoms with E-state index in [-0.39, 0.29) is 29.7 Å². The summed E-state index contributed by atoms with van der Waals surface area (Å²) in [7, 11) is 1.79. The average Bonchev–Trinajstić information content (AvgIpc) is 2.95. The highest BCUT2D eigenvalue weighted by Crippen LogP contribution is 2.48. The van der Waals surface area contributed by atoms with Crippen molar-refractivity contribution >= 4 is 11.9 Å². The van der Waals surface area contributed by atoms with E-state index in [1.165, 1.54) is 0 Å². The number of carbonyl (C=O) groups excluding carboxylic acids is 1. The van der Waals surface area contributed by atoms with E-state index in [9.17, 15) is 14.7 Å². The molecule has 4 nitrogen and oxygen atoms in total. The van der Waals surface area contributed by atoms with E-state index in [0.29, 0.717) is 5.92 Å². The van der Waals surface area contributed by atoms with Gasteiger partial charge in [0, 0.05) is 13.1 Å². The second-order valence-corrected chi connectivity index (χ2v) is 6.27. The molecule has 0 heterocycles. The summed E-state index contributed by atoms with van der Waals surface area (Å²) in [5.41, 5.74) is 0. The molecule has 0 spiro atoms. The first-order chi connectivity index (χ1) is 8.84. The van der Waals surface area contributed by atoms with Gasteiger partial charge in [0.25, 0.3) is 0 Å². The Balaban J connectivity index is 2.18. The third-order valence-corrected chi connectivity index (χ3v) is 4.95. The molecule has 0 radical (unpaired) electrons. The van der Waals surface area contributed by atoms with Gasteiger partial charge in [-0.05, 0) is 31.1 Å². The van der Waals surface area contributed by atoms with Gasteiger partial charge >= 0.3 is 5.97 Å². The number of carboxylic acids is 1. The number of rotatable bonds is 4. The topological polar surface area (TPSA) is 57.6 Å². The van der Waals surface area contributed by atoms with Crippen molar-refractivity contribution in [3.05, 3.63) is 12.2 Å². The first kappa shape index (κ1) is 14.1. The maximum absolute atomic E-state index is 12.6. The molecule has 3 unspecified atom stereocenters. The molecular formula is C15H23NO3. The van der Waals surface area contributed by atoms with E-state index >= 15 is 0 Å². The van der Waals surface area contributed by atoms with Crippen molar-refractivity contribution in [2.24, 2.45) is 29.6 Å². The zero-order chi connectivity index (χ0) is 14.3. The predicted octanol–water partition coefficient (Wildman–Crippen LogP) is 2.01. The van der Waals surface area contributed by atoms with Crippen LogP contribution in [0.2, 0.25) is 0 Å². The van der Waals surface area contributed by atoms with Crippen molar-refractivity contribution in [3.63, 3.8) is 0 Å². The summed E-state index contributed by atoms with van der Waals surface area (Å²) in [6.45, 7) is 6.16. The van der Waals surface area contributed by atoms with Crippen LogP contribution in [0.25, 0.3) is 0 Å². The second kappa shape index (κ2) is 4.99. The molecule has 5 atom stereocenters. The fraction of sp³-hybridized carbons (Fsp3) is 0.733. The minimum atomic E-state index is -0.833. The Bertz CT molecular complexity index is 416. The van der Waals surface area contributed by atoms with E-state index in [2.05, 4.69) is 13.8 Å². The summed E-state index contributed by atoms with van der Waals surface area (Å²) in [4.78, 5) is 25.8. The van der Waals surface area contributed by atoms with Gasteiger partial charge in [0.1, 0.15) is 0 Å². The molecule has 0 aromatic rings. The summed E-state index contributed by atoms with van der Waals surface area (Å²) in [6, 6.07) is 0.130. The molecule has 1 saturated carbocycles. The number of amides is 1. The van der Waals surface area contributed by atoms with Crippen molar-refractivity contribution in [2.75, 3.05) is 7.05 Å². The van der Waals surface area contributed by atoms with Crippen LogP contribution in [-0.4, -0.2) is 35.0 Å². The highest BCUT2D eigenvalue weighted by molar-refractivity contribution is 5.87. The summed E-state index contributed by atoms with van der Waals surface area (Å²) in [6.07, 6.45) is 4.82. The summed E-state index contributed by atoms with van der Waals surface area (Å²) < 4.78 is 0. The molecule has 0 aromatic carbocycles. The number of hydrogen-bond acceptors (Lipinski definition) is 2. The highest BCUT2D eigenvalue weighted by Gasteiger charge is 2.52. The molecule has 1 fully saturated rings. The maximum Gasteiger partial charge on any atom is 0.307 e. The zero-order valence-electron chi connectivity index (χ0n) is 12.0. The Labute approximate surface area is 114 Å². The summed E-state index contributed by atoms with van der Waals surface area (Å²) >= 11 is 0. The smallest absolute Gasteiger partial charge is 0.307 e. The molecule has 2 rings (SSSR count). The molecule has 1 amide bonds. The molecule has 19 heavy (non-hydrogen) atoms. The van der Waals surface area contributed by atoms with Crippen LogP contribution in [0.5, 0.6) is 0 Å². The molecule has 2 bridgehead atoms. The Kier molecular flexibility index (Phi) is 3.70. The van der Waals surface area contributed by atoms with Gasteiger partial charge < -0.3 is 10.0 Å². The van der Waals surface area contributed by atoms with E-state index < -0.39 is 11.9 Å². The lowest BCUT2D eigenvalue weighted by molar-refractivity contribution is -0.151. The van der Waals surface area contributed by atoms with Crippen LogP contribution in [-0.2, 0) is 9.59 Å². The fourth-order valence-corrected chi connectivity index (χ4v) is 3.38. The van der Waals surface area contributed by atoms with Gasteiger partial charge in [-0.3, -0.25) is 9.59 Å². The van der Waals surface area contributed by atoms with Crippen molar-refractivity contribution in [1.29, 1.82) is 0 Å². The lowest BCUT2D eigenvalue weighted by Gasteiger charge is -2.33. The summed E-state index contributed by atoms with van der Waals surface area (Å²) in [5, 5.41) is 9.38. The van der Waals surface area contributed by atoms with Crippen molar-refractivity contribution < 1.29 is 14.7 Å². The number of aliphatic carboxylic acids is 1. The van der Waals surface area contributed by atoms with Crippen LogP contribution in [0, 0.1) is 29.6 Å². The van der Waals surface area contributed by atoms with Gasteiger partial charge in [-0.2, -0.15) is 0 Å². The number of nitrogens with zero attached hydrogens (tertiary/aromatic N) is 1. The number of carboxylic acid groups (broad SMARTS) is 1. The minimum absolute atomic E-state index is 0.00884. The molecule has 0 saturated heterocycles. The van der Waals surface area contributed by atoms with Crippen molar-refractivity contribution in [2.45, 2.75) is 33.2 Å². The maximum atomic E-state index is 12.6. The molecule has 0 aromatic heterocycles. The molecule has 0 aliphatic heterocycles. The molecule has 4 heteroatoms. The van der Waals surface area contributed by atoms with Gasteiger partial charge in [-0.1, -0.05) is 26.0 Å². The predicted molar refractivity (Wildman–Crippen MR) is 72.4 cm³/mol. The normalized spacial score (nSPS) is 33.7. The fourth-order valence-electron chi connectivity index (χ4n) is 3.38. The van der Waals surface area contributed by atoms with Crippen LogP contribution in [0.3, 0.4) is 0 Å². The SMILES string of the molecule is CC(C)C(C)N(C)C(=O)[C@H]1C2C=CC(C2)[C@H]1C(=O)O. The van der Waals surface area contributed by atoms with E-state index in [4.69, 9.17) is 0 Å². The van der Waals surface area contributed by atoms with Gasteiger partial charge in [0.15, 0.2) is 0 Å². The molecule has 2 aliphatic carbocycles. The Morgan fingerprint density at radius 3 is 2.16 bits per heavy atom. The van der Waals surface area contributed by atoms with E-state index in [1.54, 1.807) is 11.9 Å². The molecule has 1 N–H and O–H groups in total. The molecule has 106 valence electrons. The molecular weight excluding hydrogens is 242 g/mol. The van der Waals surface area contributed by atoms with Gasteiger partial charge in [-0.25, -0.2) is 0 Å². The van der Waals surface area contributed by atoms with Crippen molar-refractivity contribution in [3.8, 4) is 0 Å². The quantitative estimate of drug-likeness (QED) is 0.791. The minimum Gasteiger partial charge on any atom is -0.481 e. The standard InChI is InChI=1S/C15H23NO3/c1-8(2)9(3)16(4)14(17)12-10-5-6-11(7-10)13(12)15(18)19/h5-6,8-13H,7H2,1-4H3,(H,18,19)/t9?,10?,11?,12-,13+/m0/s1. The van der Waals surface area contributed by atoms with E-state index in [0.717, 1.165) is 6.42 Å². The number of allylic oxidation sites excluding steroid dienone is 2. The van der Waals surface area contributed by atoms with Crippen molar-refractivity contribution in [1.82, 2.24) is 4.90 Å². The third kappa shape index (κ3) is 2.28. The van der Waals surface area contributed by atoms with Crippen LogP contribution < -0.4 is 0 Å². The highest BCUT2D eigenvalue weighted by atomic mass is 16.4. The monoisotopic (exact) mass is 265 g/mol.